The van der Waals surface area contributed by atoms with Gasteiger partial charge in [-0.05, 0) is 19.3 Å². The molecule has 1 N–H and O–H groups in total. The molecule has 1 rings (SSSR count). The number of hydrogen-bond acceptors (Lipinski definition) is 3. The Bertz CT molecular complexity index is 257. The second-order valence-corrected chi connectivity index (χ2v) is 4.67. The monoisotopic (exact) mass is 224 g/mol. The summed E-state index contributed by atoms with van der Waals surface area (Å²) in [5.41, 5.74) is 1.88. The van der Waals surface area contributed by atoms with Crippen LogP contribution in [0.4, 0.5) is 0 Å². The van der Waals surface area contributed by atoms with Crippen molar-refractivity contribution in [3.63, 3.8) is 0 Å². The van der Waals surface area contributed by atoms with Crippen molar-refractivity contribution in [2.24, 2.45) is 0 Å². The zero-order valence-electron chi connectivity index (χ0n) is 9.41. The van der Waals surface area contributed by atoms with Gasteiger partial charge in [0.2, 0.25) is 0 Å². The van der Waals surface area contributed by atoms with Gasteiger partial charge in [0.15, 0.2) is 0 Å². The lowest BCUT2D eigenvalue weighted by Crippen LogP contribution is -2.27. The number of thiazole rings is 1. The van der Waals surface area contributed by atoms with E-state index in [9.17, 15) is 0 Å². The number of aromatic nitrogens is 1. The third-order valence-electron chi connectivity index (χ3n) is 2.40. The summed E-state index contributed by atoms with van der Waals surface area (Å²) in [6.07, 6.45) is 8.70. The van der Waals surface area contributed by atoms with E-state index in [1.165, 1.54) is 24.1 Å². The Morgan fingerprint density at radius 3 is 3.07 bits per heavy atom. The Morgan fingerprint density at radius 1 is 1.60 bits per heavy atom. The summed E-state index contributed by atoms with van der Waals surface area (Å²) in [6, 6.07) is 0.620. The van der Waals surface area contributed by atoms with Crippen molar-refractivity contribution in [2.45, 2.75) is 45.2 Å². The molecule has 0 aromatic carbocycles. The highest BCUT2D eigenvalue weighted by Gasteiger charge is 2.06. The van der Waals surface area contributed by atoms with Crippen LogP contribution in [-0.4, -0.2) is 11.0 Å². The molecule has 0 aliphatic rings. The van der Waals surface area contributed by atoms with Gasteiger partial charge >= 0.3 is 0 Å². The van der Waals surface area contributed by atoms with E-state index in [1.807, 2.05) is 17.8 Å². The predicted molar refractivity (Wildman–Crippen MR) is 67.1 cm³/mol. The number of nitrogens with zero attached hydrogens (tertiary/aromatic N) is 1. The molecule has 0 fully saturated rings. The third-order valence-corrected chi connectivity index (χ3v) is 3.18. The van der Waals surface area contributed by atoms with E-state index < -0.39 is 0 Å². The molecule has 1 unspecified atom stereocenters. The average molecular weight is 224 g/mol. The van der Waals surface area contributed by atoms with Crippen LogP contribution in [0.25, 0.3) is 0 Å². The van der Waals surface area contributed by atoms with Gasteiger partial charge in [-0.2, -0.15) is 0 Å². The Morgan fingerprint density at radius 2 is 2.47 bits per heavy atom. The predicted octanol–water partition coefficient (Wildman–Crippen LogP) is 3.37. The second kappa shape index (κ2) is 7.60. The molecule has 0 bridgehead atoms. The summed E-state index contributed by atoms with van der Waals surface area (Å²) >= 11 is 1.71. The van der Waals surface area contributed by atoms with Crippen LogP contribution in [0.15, 0.2) is 24.4 Å². The van der Waals surface area contributed by atoms with E-state index in [0.717, 1.165) is 13.0 Å². The first-order valence-electron chi connectivity index (χ1n) is 5.58. The molecule has 3 heteroatoms. The lowest BCUT2D eigenvalue weighted by molar-refractivity contribution is 0.452. The first-order valence-corrected chi connectivity index (χ1v) is 6.46. The van der Waals surface area contributed by atoms with Crippen LogP contribution in [0.5, 0.6) is 0 Å². The van der Waals surface area contributed by atoms with Crippen molar-refractivity contribution in [2.75, 3.05) is 0 Å². The maximum Gasteiger partial charge on any atom is 0.0794 e. The molecule has 0 saturated carbocycles. The molecule has 0 saturated heterocycles. The van der Waals surface area contributed by atoms with Crippen LogP contribution in [0.3, 0.4) is 0 Å². The zero-order valence-corrected chi connectivity index (χ0v) is 10.2. The molecule has 0 aliphatic carbocycles. The van der Waals surface area contributed by atoms with Gasteiger partial charge in [0.25, 0.3) is 0 Å². The van der Waals surface area contributed by atoms with Gasteiger partial charge < -0.3 is 5.32 Å². The quantitative estimate of drug-likeness (QED) is 0.685. The molecule has 0 aliphatic heterocycles. The van der Waals surface area contributed by atoms with Crippen molar-refractivity contribution in [1.82, 2.24) is 10.3 Å². The van der Waals surface area contributed by atoms with Crippen LogP contribution in [0.1, 0.15) is 37.5 Å². The molecule has 1 atom stereocenters. The minimum Gasteiger partial charge on any atom is -0.309 e. The number of allylic oxidation sites excluding steroid dienone is 1. The van der Waals surface area contributed by atoms with E-state index in [4.69, 9.17) is 0 Å². The number of hydrogen-bond donors (Lipinski definition) is 1. The normalized spacial score (nSPS) is 12.6. The van der Waals surface area contributed by atoms with Crippen LogP contribution in [-0.2, 0) is 6.54 Å². The van der Waals surface area contributed by atoms with E-state index in [1.54, 1.807) is 11.3 Å². The average Bonchev–Trinajstić information content (AvgIpc) is 2.75. The summed E-state index contributed by atoms with van der Waals surface area (Å²) in [4.78, 5) is 5.39. The molecule has 1 heterocycles. The van der Waals surface area contributed by atoms with Crippen molar-refractivity contribution in [3.05, 3.63) is 29.2 Å². The van der Waals surface area contributed by atoms with Crippen LogP contribution >= 0.6 is 11.3 Å². The summed E-state index contributed by atoms with van der Waals surface area (Å²) in [7, 11) is 0. The van der Waals surface area contributed by atoms with Crippen LogP contribution < -0.4 is 5.32 Å². The lowest BCUT2D eigenvalue weighted by atomic mass is 10.1. The maximum atomic E-state index is 4.07. The molecular weight excluding hydrogens is 204 g/mol. The van der Waals surface area contributed by atoms with Crippen molar-refractivity contribution < 1.29 is 0 Å². The standard InChI is InChI=1S/C12H20N2S/c1-3-5-7-11(6-4-2)14-9-12-8-13-10-15-12/h3,8,10-11,14H,1,4-7,9H2,2H3. The molecule has 15 heavy (non-hydrogen) atoms. The molecule has 0 amide bonds. The molecule has 0 spiro atoms. The minimum atomic E-state index is 0.620. The zero-order chi connectivity index (χ0) is 10.9. The maximum absolute atomic E-state index is 4.07. The Labute approximate surface area is 96.4 Å². The Kier molecular flexibility index (Phi) is 6.28. The third kappa shape index (κ3) is 5.09. The number of nitrogens with one attached hydrogen (secondary N) is 1. The smallest absolute Gasteiger partial charge is 0.0794 e. The van der Waals surface area contributed by atoms with E-state index in [-0.39, 0.29) is 0 Å². The van der Waals surface area contributed by atoms with Gasteiger partial charge in [0.1, 0.15) is 0 Å². The Hall–Kier alpha value is -0.670. The van der Waals surface area contributed by atoms with Crippen molar-refractivity contribution >= 4 is 11.3 Å². The molecule has 84 valence electrons. The van der Waals surface area contributed by atoms with Crippen LogP contribution in [0.2, 0.25) is 0 Å². The summed E-state index contributed by atoms with van der Waals surface area (Å²) in [5, 5.41) is 3.58. The molecule has 2 nitrogen and oxygen atoms in total. The second-order valence-electron chi connectivity index (χ2n) is 3.70. The molecule has 1 aromatic heterocycles. The first kappa shape index (κ1) is 12.4. The summed E-state index contributed by atoms with van der Waals surface area (Å²) < 4.78 is 0. The Balaban J connectivity index is 2.27. The number of rotatable bonds is 8. The van der Waals surface area contributed by atoms with Crippen LogP contribution in [0, 0.1) is 0 Å². The van der Waals surface area contributed by atoms with Crippen molar-refractivity contribution in [1.29, 1.82) is 0 Å². The van der Waals surface area contributed by atoms with Gasteiger partial charge in [-0.15, -0.1) is 17.9 Å². The topological polar surface area (TPSA) is 24.9 Å². The van der Waals surface area contributed by atoms with Gasteiger partial charge in [-0.1, -0.05) is 19.4 Å². The van der Waals surface area contributed by atoms with Gasteiger partial charge in [-0.3, -0.25) is 4.98 Å². The largest absolute Gasteiger partial charge is 0.309 e. The first-order chi connectivity index (χ1) is 7.36. The highest BCUT2D eigenvalue weighted by atomic mass is 32.1. The molecule has 0 radical (unpaired) electrons. The minimum absolute atomic E-state index is 0.620. The fourth-order valence-electron chi connectivity index (χ4n) is 1.59. The molecule has 1 aromatic rings. The fraction of sp³-hybridized carbons (Fsp3) is 0.583. The van der Waals surface area contributed by atoms with E-state index in [0.29, 0.717) is 6.04 Å². The molecular formula is C12H20N2S. The highest BCUT2D eigenvalue weighted by Crippen LogP contribution is 2.09. The van der Waals surface area contributed by atoms with E-state index in [2.05, 4.69) is 23.8 Å². The summed E-state index contributed by atoms with van der Waals surface area (Å²) in [6.45, 7) is 6.95. The van der Waals surface area contributed by atoms with Gasteiger partial charge in [0.05, 0.1) is 5.51 Å². The van der Waals surface area contributed by atoms with Gasteiger partial charge in [0, 0.05) is 23.7 Å². The summed E-state index contributed by atoms with van der Waals surface area (Å²) in [5.74, 6) is 0. The SMILES string of the molecule is C=CCCC(CCC)NCc1cncs1. The van der Waals surface area contributed by atoms with E-state index >= 15 is 0 Å². The van der Waals surface area contributed by atoms with Gasteiger partial charge in [-0.25, -0.2) is 0 Å². The van der Waals surface area contributed by atoms with Crippen molar-refractivity contribution in [3.8, 4) is 0 Å². The lowest BCUT2D eigenvalue weighted by Gasteiger charge is -2.16. The fourth-order valence-corrected chi connectivity index (χ4v) is 2.14. The highest BCUT2D eigenvalue weighted by molar-refractivity contribution is 7.09.